The first-order valence-electron chi connectivity index (χ1n) is 6.71. The highest BCUT2D eigenvalue weighted by Gasteiger charge is 2.24. The molecule has 0 saturated heterocycles. The summed E-state index contributed by atoms with van der Waals surface area (Å²) in [6, 6.07) is 13.5. The average molecular weight is 342 g/mol. The number of hydrogen-bond acceptors (Lipinski definition) is 2. The SMILES string of the molecule is Cc1cc(C)c(C(=O)C(C#N)c2cccc(Br)c2)c(C)c1. The summed E-state index contributed by atoms with van der Waals surface area (Å²) in [7, 11) is 0. The largest absolute Gasteiger partial charge is 0.292 e. The molecule has 1 unspecified atom stereocenters. The Balaban J connectivity index is 2.50. The molecule has 21 heavy (non-hydrogen) atoms. The molecule has 0 spiro atoms. The first kappa shape index (κ1) is 15.5. The van der Waals surface area contributed by atoms with Crippen molar-refractivity contribution in [3.8, 4) is 6.07 Å². The van der Waals surface area contributed by atoms with Crippen LogP contribution in [0.3, 0.4) is 0 Å². The molecule has 1 atom stereocenters. The van der Waals surface area contributed by atoms with Gasteiger partial charge in [-0.15, -0.1) is 0 Å². The van der Waals surface area contributed by atoms with E-state index in [9.17, 15) is 10.1 Å². The van der Waals surface area contributed by atoms with Crippen LogP contribution in [0.5, 0.6) is 0 Å². The molecule has 0 heterocycles. The Morgan fingerprint density at radius 1 is 1.14 bits per heavy atom. The van der Waals surface area contributed by atoms with Crippen LogP contribution in [0.4, 0.5) is 0 Å². The Morgan fingerprint density at radius 2 is 1.76 bits per heavy atom. The van der Waals surface area contributed by atoms with Gasteiger partial charge in [0, 0.05) is 10.0 Å². The fourth-order valence-corrected chi connectivity index (χ4v) is 3.10. The van der Waals surface area contributed by atoms with Crippen LogP contribution in [0.2, 0.25) is 0 Å². The lowest BCUT2D eigenvalue weighted by molar-refractivity contribution is 0.0977. The summed E-state index contributed by atoms with van der Waals surface area (Å²) in [4.78, 5) is 12.8. The second kappa shape index (κ2) is 6.24. The van der Waals surface area contributed by atoms with Gasteiger partial charge in [-0.05, 0) is 49.6 Å². The van der Waals surface area contributed by atoms with Crippen molar-refractivity contribution in [2.45, 2.75) is 26.7 Å². The summed E-state index contributed by atoms with van der Waals surface area (Å²) in [6.07, 6.45) is 0. The zero-order valence-electron chi connectivity index (χ0n) is 12.3. The van der Waals surface area contributed by atoms with Crippen molar-refractivity contribution in [3.63, 3.8) is 0 Å². The fourth-order valence-electron chi connectivity index (χ4n) is 2.68. The zero-order chi connectivity index (χ0) is 15.6. The zero-order valence-corrected chi connectivity index (χ0v) is 13.9. The van der Waals surface area contributed by atoms with Gasteiger partial charge in [-0.3, -0.25) is 4.79 Å². The van der Waals surface area contributed by atoms with Gasteiger partial charge >= 0.3 is 0 Å². The Morgan fingerprint density at radius 3 is 2.29 bits per heavy atom. The number of carbonyl (C=O) groups excluding carboxylic acids is 1. The normalized spacial score (nSPS) is 11.8. The summed E-state index contributed by atoms with van der Waals surface area (Å²) in [5.74, 6) is -0.909. The van der Waals surface area contributed by atoms with Crippen LogP contribution < -0.4 is 0 Å². The number of rotatable bonds is 3. The molecule has 2 aromatic carbocycles. The molecular formula is C18H16BrNO. The maximum absolute atomic E-state index is 12.8. The van der Waals surface area contributed by atoms with Crippen LogP contribution in [0.1, 0.15) is 38.5 Å². The lowest BCUT2D eigenvalue weighted by Gasteiger charge is -2.14. The first-order chi connectivity index (χ1) is 9.93. The van der Waals surface area contributed by atoms with E-state index in [0.29, 0.717) is 5.56 Å². The Bertz CT molecular complexity index is 720. The Kier molecular flexibility index (Phi) is 4.59. The van der Waals surface area contributed by atoms with Crippen LogP contribution >= 0.6 is 15.9 Å². The van der Waals surface area contributed by atoms with Crippen LogP contribution in [-0.4, -0.2) is 5.78 Å². The number of ketones is 1. The van der Waals surface area contributed by atoms with E-state index >= 15 is 0 Å². The quantitative estimate of drug-likeness (QED) is 0.747. The van der Waals surface area contributed by atoms with Gasteiger partial charge in [-0.2, -0.15) is 5.26 Å². The van der Waals surface area contributed by atoms with Gasteiger partial charge in [-0.1, -0.05) is 45.8 Å². The minimum atomic E-state index is -0.775. The van der Waals surface area contributed by atoms with Crippen molar-refractivity contribution >= 4 is 21.7 Å². The highest BCUT2D eigenvalue weighted by Crippen LogP contribution is 2.27. The number of halogens is 1. The smallest absolute Gasteiger partial charge is 0.184 e. The molecule has 0 aliphatic heterocycles. The van der Waals surface area contributed by atoms with Crippen molar-refractivity contribution in [1.82, 2.24) is 0 Å². The maximum atomic E-state index is 12.8. The van der Waals surface area contributed by atoms with E-state index < -0.39 is 5.92 Å². The van der Waals surface area contributed by atoms with E-state index in [1.807, 2.05) is 57.2 Å². The number of carbonyl (C=O) groups is 1. The minimum absolute atomic E-state index is 0.134. The van der Waals surface area contributed by atoms with Crippen molar-refractivity contribution < 1.29 is 4.79 Å². The van der Waals surface area contributed by atoms with Gasteiger partial charge in [-0.25, -0.2) is 0 Å². The van der Waals surface area contributed by atoms with E-state index in [1.54, 1.807) is 0 Å². The van der Waals surface area contributed by atoms with Gasteiger partial charge in [0.1, 0.15) is 5.92 Å². The molecule has 0 radical (unpaired) electrons. The minimum Gasteiger partial charge on any atom is -0.292 e. The van der Waals surface area contributed by atoms with E-state index in [1.165, 1.54) is 0 Å². The summed E-state index contributed by atoms with van der Waals surface area (Å²) in [6.45, 7) is 5.84. The molecule has 0 bridgehead atoms. The van der Waals surface area contributed by atoms with Crippen molar-refractivity contribution in [2.24, 2.45) is 0 Å². The fraction of sp³-hybridized carbons (Fsp3) is 0.222. The van der Waals surface area contributed by atoms with Gasteiger partial charge in [0.25, 0.3) is 0 Å². The van der Waals surface area contributed by atoms with Gasteiger partial charge < -0.3 is 0 Å². The molecule has 2 rings (SSSR count). The lowest BCUT2D eigenvalue weighted by Crippen LogP contribution is -2.14. The van der Waals surface area contributed by atoms with Gasteiger partial charge in [0.15, 0.2) is 5.78 Å². The van der Waals surface area contributed by atoms with Crippen molar-refractivity contribution in [3.05, 3.63) is 68.7 Å². The van der Waals surface area contributed by atoms with E-state index in [0.717, 1.165) is 26.7 Å². The van der Waals surface area contributed by atoms with E-state index in [-0.39, 0.29) is 5.78 Å². The van der Waals surface area contributed by atoms with E-state index in [2.05, 4.69) is 22.0 Å². The number of nitriles is 1. The predicted molar refractivity (Wildman–Crippen MR) is 87.5 cm³/mol. The number of aryl methyl sites for hydroxylation is 3. The molecule has 0 aliphatic carbocycles. The summed E-state index contributed by atoms with van der Waals surface area (Å²) >= 11 is 3.38. The third kappa shape index (κ3) is 3.22. The highest BCUT2D eigenvalue weighted by molar-refractivity contribution is 9.10. The van der Waals surface area contributed by atoms with Crippen LogP contribution in [-0.2, 0) is 0 Å². The molecule has 0 N–H and O–H groups in total. The molecule has 106 valence electrons. The summed E-state index contributed by atoms with van der Waals surface area (Å²) in [5, 5.41) is 9.45. The molecule has 0 saturated carbocycles. The highest BCUT2D eigenvalue weighted by atomic mass is 79.9. The van der Waals surface area contributed by atoms with E-state index in [4.69, 9.17) is 0 Å². The number of Topliss-reactive ketones (excluding diaryl/α,β-unsaturated/α-hetero) is 1. The number of nitrogens with zero attached hydrogens (tertiary/aromatic N) is 1. The van der Waals surface area contributed by atoms with Crippen molar-refractivity contribution in [2.75, 3.05) is 0 Å². The molecule has 0 amide bonds. The topological polar surface area (TPSA) is 40.9 Å². The molecule has 0 aromatic heterocycles. The van der Waals surface area contributed by atoms with Gasteiger partial charge in [0.2, 0.25) is 0 Å². The lowest BCUT2D eigenvalue weighted by atomic mass is 9.87. The maximum Gasteiger partial charge on any atom is 0.184 e. The molecule has 2 aromatic rings. The number of benzene rings is 2. The molecule has 3 heteroatoms. The Hall–Kier alpha value is -1.92. The van der Waals surface area contributed by atoms with Crippen molar-refractivity contribution in [1.29, 1.82) is 5.26 Å². The summed E-state index contributed by atoms with van der Waals surface area (Å²) < 4.78 is 0.866. The first-order valence-corrected chi connectivity index (χ1v) is 7.50. The van der Waals surface area contributed by atoms with Crippen LogP contribution in [0, 0.1) is 32.1 Å². The average Bonchev–Trinajstić information content (AvgIpc) is 2.38. The van der Waals surface area contributed by atoms with Gasteiger partial charge in [0.05, 0.1) is 6.07 Å². The molecule has 0 fully saturated rings. The number of hydrogen-bond donors (Lipinski definition) is 0. The van der Waals surface area contributed by atoms with Crippen LogP contribution in [0.15, 0.2) is 40.9 Å². The van der Waals surface area contributed by atoms with Crippen LogP contribution in [0.25, 0.3) is 0 Å². The predicted octanol–water partition coefficient (Wildman–Crippen LogP) is 4.86. The third-order valence-electron chi connectivity index (χ3n) is 3.50. The molecule has 0 aliphatic rings. The monoisotopic (exact) mass is 341 g/mol. The Labute approximate surface area is 133 Å². The summed E-state index contributed by atoms with van der Waals surface area (Å²) in [5.41, 5.74) is 4.35. The third-order valence-corrected chi connectivity index (χ3v) is 3.99. The molecule has 2 nitrogen and oxygen atoms in total. The standard InChI is InChI=1S/C18H16BrNO/c1-11-7-12(2)17(13(3)8-11)18(21)16(10-20)14-5-4-6-15(19)9-14/h4-9,16H,1-3H3. The molecular weight excluding hydrogens is 326 g/mol. The second-order valence-corrected chi connectivity index (χ2v) is 6.17. The second-order valence-electron chi connectivity index (χ2n) is 5.26.